The molecular formula is C70H40O. The molecule has 0 saturated carbocycles. The van der Waals surface area contributed by atoms with E-state index in [2.05, 4.69) is 243 Å². The summed E-state index contributed by atoms with van der Waals surface area (Å²) in [5.41, 5.74) is 9.33. The highest BCUT2D eigenvalue weighted by Crippen LogP contribution is 2.51. The van der Waals surface area contributed by atoms with Crippen LogP contribution >= 0.6 is 0 Å². The third kappa shape index (κ3) is 5.46. The minimum Gasteiger partial charge on any atom is -0.456 e. The highest BCUT2D eigenvalue weighted by Gasteiger charge is 2.24. The molecule has 1 nitrogen and oxygen atoms in total. The van der Waals surface area contributed by atoms with Gasteiger partial charge in [-0.05, 0) is 171 Å². The Morgan fingerprint density at radius 2 is 0.535 bits per heavy atom. The van der Waals surface area contributed by atoms with Gasteiger partial charge < -0.3 is 4.42 Å². The van der Waals surface area contributed by atoms with Crippen molar-refractivity contribution in [1.29, 1.82) is 0 Å². The lowest BCUT2D eigenvalue weighted by molar-refractivity contribution is 0.670. The summed E-state index contributed by atoms with van der Waals surface area (Å²) in [7, 11) is 0. The summed E-state index contributed by atoms with van der Waals surface area (Å²) in [5, 5.41) is 27.2. The van der Waals surface area contributed by atoms with Crippen LogP contribution < -0.4 is 0 Å². The Labute approximate surface area is 408 Å². The number of rotatable bonds is 3. The second-order valence-corrected chi connectivity index (χ2v) is 19.4. The van der Waals surface area contributed by atoms with Gasteiger partial charge in [-0.1, -0.05) is 212 Å². The third-order valence-electron chi connectivity index (χ3n) is 15.8. The smallest absolute Gasteiger partial charge is 0.136 e. The van der Waals surface area contributed by atoms with E-state index in [1.54, 1.807) is 0 Å². The number of fused-ring (bicyclic) bond motifs is 18. The van der Waals surface area contributed by atoms with Crippen molar-refractivity contribution in [3.05, 3.63) is 243 Å². The van der Waals surface area contributed by atoms with Gasteiger partial charge in [-0.15, -0.1) is 0 Å². The zero-order valence-corrected chi connectivity index (χ0v) is 38.5. The quantitative estimate of drug-likeness (QED) is 0.127. The second kappa shape index (κ2) is 14.6. The molecule has 16 aromatic rings. The highest BCUT2D eigenvalue weighted by atomic mass is 16.3. The summed E-state index contributed by atoms with van der Waals surface area (Å²) in [5.74, 6) is 0. The van der Waals surface area contributed by atoms with E-state index < -0.39 is 0 Å². The number of furan rings is 1. The predicted octanol–water partition coefficient (Wildman–Crippen LogP) is 20.1. The van der Waals surface area contributed by atoms with E-state index >= 15 is 0 Å². The fourth-order valence-electron chi connectivity index (χ4n) is 12.7. The van der Waals surface area contributed by atoms with Crippen LogP contribution in [0.2, 0.25) is 0 Å². The minimum atomic E-state index is 0.917. The van der Waals surface area contributed by atoms with Gasteiger partial charge in [-0.3, -0.25) is 0 Å². The maximum Gasteiger partial charge on any atom is 0.136 e. The molecule has 0 N–H and O–H groups in total. The summed E-state index contributed by atoms with van der Waals surface area (Å²) in [6.07, 6.45) is 0. The molecule has 15 aromatic carbocycles. The van der Waals surface area contributed by atoms with E-state index in [-0.39, 0.29) is 0 Å². The first-order valence-corrected chi connectivity index (χ1v) is 24.7. The Kier molecular flexibility index (Phi) is 7.95. The number of hydrogen-bond acceptors (Lipinski definition) is 1. The fraction of sp³-hybridized carbons (Fsp3) is 0. The molecule has 0 saturated heterocycles. The van der Waals surface area contributed by atoms with Crippen LogP contribution in [0.3, 0.4) is 0 Å². The summed E-state index contributed by atoms with van der Waals surface area (Å²) < 4.78 is 6.63. The van der Waals surface area contributed by atoms with Gasteiger partial charge in [-0.25, -0.2) is 0 Å². The van der Waals surface area contributed by atoms with Gasteiger partial charge in [0.25, 0.3) is 0 Å². The van der Waals surface area contributed by atoms with Crippen LogP contribution in [0.1, 0.15) is 0 Å². The summed E-state index contributed by atoms with van der Waals surface area (Å²) in [6.45, 7) is 0. The van der Waals surface area contributed by atoms with Crippen molar-refractivity contribution in [3.63, 3.8) is 0 Å². The minimum absolute atomic E-state index is 0.917. The normalized spacial score (nSPS) is 12.2. The summed E-state index contributed by atoms with van der Waals surface area (Å²) in [4.78, 5) is 0. The van der Waals surface area contributed by atoms with Crippen LogP contribution in [-0.2, 0) is 0 Å². The predicted molar refractivity (Wildman–Crippen MR) is 305 cm³/mol. The van der Waals surface area contributed by atoms with E-state index in [1.165, 1.54) is 146 Å². The Hall–Kier alpha value is -9.30. The van der Waals surface area contributed by atoms with Crippen molar-refractivity contribution >= 4 is 130 Å². The maximum absolute atomic E-state index is 6.63. The SMILES string of the molecule is c1ccc2c(c1)ccc1ccc(-c3c4ccccc4c(-c4c5ccccc5c(-c5ccc6c(c5)c5ccccc5c5cc7oc8ccc9ccccc9c8c7cc65)c5ccccc45)c4ccccc34)cc12. The largest absolute Gasteiger partial charge is 0.456 e. The molecule has 0 bridgehead atoms. The molecule has 1 heterocycles. The van der Waals surface area contributed by atoms with Crippen LogP contribution in [0.4, 0.5) is 0 Å². The third-order valence-corrected chi connectivity index (χ3v) is 15.8. The molecule has 1 aromatic heterocycles. The second-order valence-electron chi connectivity index (χ2n) is 19.4. The average molecular weight is 897 g/mol. The molecule has 0 amide bonds. The number of hydrogen-bond donors (Lipinski definition) is 0. The Morgan fingerprint density at radius 1 is 0.183 bits per heavy atom. The van der Waals surface area contributed by atoms with Gasteiger partial charge in [0.15, 0.2) is 0 Å². The molecule has 0 aliphatic rings. The lowest BCUT2D eigenvalue weighted by Crippen LogP contribution is -1.95. The Balaban J connectivity index is 0.967. The van der Waals surface area contributed by atoms with Gasteiger partial charge >= 0.3 is 0 Å². The lowest BCUT2D eigenvalue weighted by Gasteiger charge is -2.22. The summed E-state index contributed by atoms with van der Waals surface area (Å²) >= 11 is 0. The van der Waals surface area contributed by atoms with E-state index in [0.717, 1.165) is 16.6 Å². The van der Waals surface area contributed by atoms with Gasteiger partial charge in [0.2, 0.25) is 0 Å². The topological polar surface area (TPSA) is 13.1 Å². The Bertz CT molecular complexity index is 4880. The molecule has 326 valence electrons. The Morgan fingerprint density at radius 3 is 1.08 bits per heavy atom. The molecule has 0 aliphatic heterocycles. The van der Waals surface area contributed by atoms with Gasteiger partial charge in [0, 0.05) is 10.8 Å². The van der Waals surface area contributed by atoms with Gasteiger partial charge in [0.05, 0.1) is 0 Å². The molecule has 0 aliphatic carbocycles. The van der Waals surface area contributed by atoms with Crippen molar-refractivity contribution in [1.82, 2.24) is 0 Å². The molecule has 71 heavy (non-hydrogen) atoms. The summed E-state index contributed by atoms with van der Waals surface area (Å²) in [6, 6.07) is 90.4. The monoisotopic (exact) mass is 896 g/mol. The molecule has 1 heteroatoms. The van der Waals surface area contributed by atoms with Gasteiger partial charge in [-0.2, -0.15) is 0 Å². The van der Waals surface area contributed by atoms with Crippen molar-refractivity contribution in [2.24, 2.45) is 0 Å². The zero-order valence-electron chi connectivity index (χ0n) is 38.5. The maximum atomic E-state index is 6.63. The molecule has 0 fully saturated rings. The van der Waals surface area contributed by atoms with Crippen molar-refractivity contribution in [2.75, 3.05) is 0 Å². The molecule has 0 radical (unpaired) electrons. The van der Waals surface area contributed by atoms with Crippen LogP contribution in [0, 0.1) is 0 Å². The van der Waals surface area contributed by atoms with E-state index in [1.807, 2.05) is 0 Å². The first-order valence-electron chi connectivity index (χ1n) is 24.7. The molecule has 0 spiro atoms. The number of benzene rings is 15. The molecule has 0 unspecified atom stereocenters. The van der Waals surface area contributed by atoms with Crippen LogP contribution in [-0.4, -0.2) is 0 Å². The first-order chi connectivity index (χ1) is 35.2. The van der Waals surface area contributed by atoms with Crippen LogP contribution in [0.15, 0.2) is 247 Å². The zero-order chi connectivity index (χ0) is 46.3. The van der Waals surface area contributed by atoms with Crippen molar-refractivity contribution in [3.8, 4) is 33.4 Å². The molecule has 0 atom stereocenters. The lowest BCUT2D eigenvalue weighted by atomic mass is 9.80. The first kappa shape index (κ1) is 38.6. The van der Waals surface area contributed by atoms with Crippen molar-refractivity contribution < 1.29 is 4.42 Å². The van der Waals surface area contributed by atoms with E-state index in [9.17, 15) is 0 Å². The highest BCUT2D eigenvalue weighted by molar-refractivity contribution is 6.33. The van der Waals surface area contributed by atoms with Crippen molar-refractivity contribution in [2.45, 2.75) is 0 Å². The van der Waals surface area contributed by atoms with Crippen LogP contribution in [0.5, 0.6) is 0 Å². The fourth-order valence-corrected chi connectivity index (χ4v) is 12.7. The molecular weight excluding hydrogens is 857 g/mol. The van der Waals surface area contributed by atoms with E-state index in [4.69, 9.17) is 4.42 Å². The average Bonchev–Trinajstić information content (AvgIpc) is 3.81. The van der Waals surface area contributed by atoms with E-state index in [0.29, 0.717) is 0 Å². The standard InChI is InChI=1S/C70H40O/c1-3-17-46-41(15-1)29-30-43-31-32-44(37-59(43)46)66-51-21-7-11-25-55(51)69(56-26-12-8-22-52(56)66)70-57-27-13-9-23-53(57)67(54-24-10-14-28-58(54)70)45-33-35-50-60(38-45)48-19-5-6-20-49(48)62-40-65-63(39-61(50)62)68-47-18-4-2-16-42(47)34-36-64(68)71-65/h1-40H. The molecule has 16 rings (SSSR count). The van der Waals surface area contributed by atoms with Gasteiger partial charge in [0.1, 0.15) is 11.2 Å². The van der Waals surface area contributed by atoms with Crippen LogP contribution in [0.25, 0.3) is 163 Å².